The van der Waals surface area contributed by atoms with Crippen LogP contribution in [0.3, 0.4) is 0 Å². The molecule has 0 aliphatic carbocycles. The SMILES string of the molecule is O=Cc1c([N+](=O)[O-])cnc(C(F)F)c1F. The molecule has 1 aromatic heterocycles. The molecule has 8 heteroatoms. The molecule has 0 amide bonds. The first kappa shape index (κ1) is 11.1. The summed E-state index contributed by atoms with van der Waals surface area (Å²) in [4.78, 5) is 22.4. The van der Waals surface area contributed by atoms with Crippen molar-refractivity contribution in [1.29, 1.82) is 0 Å². The zero-order chi connectivity index (χ0) is 11.6. The first-order chi connectivity index (χ1) is 6.99. The van der Waals surface area contributed by atoms with E-state index in [4.69, 9.17) is 0 Å². The highest BCUT2D eigenvalue weighted by molar-refractivity contribution is 5.81. The highest BCUT2D eigenvalue weighted by Crippen LogP contribution is 2.26. The second-order valence-corrected chi connectivity index (χ2v) is 2.43. The third-order valence-corrected chi connectivity index (χ3v) is 1.58. The summed E-state index contributed by atoms with van der Waals surface area (Å²) in [6.45, 7) is 0. The summed E-state index contributed by atoms with van der Waals surface area (Å²) >= 11 is 0. The molecular weight excluding hydrogens is 217 g/mol. The molecule has 0 aliphatic rings. The molecular formula is C7H3F3N2O3. The van der Waals surface area contributed by atoms with E-state index >= 15 is 0 Å². The molecule has 0 fully saturated rings. The average molecular weight is 220 g/mol. The number of carbonyl (C=O) groups is 1. The first-order valence-corrected chi connectivity index (χ1v) is 3.55. The lowest BCUT2D eigenvalue weighted by molar-refractivity contribution is -0.385. The van der Waals surface area contributed by atoms with E-state index in [0.717, 1.165) is 0 Å². The van der Waals surface area contributed by atoms with E-state index in [-0.39, 0.29) is 6.29 Å². The van der Waals surface area contributed by atoms with E-state index in [1.165, 1.54) is 0 Å². The number of halogens is 3. The fraction of sp³-hybridized carbons (Fsp3) is 0.143. The van der Waals surface area contributed by atoms with Gasteiger partial charge in [-0.3, -0.25) is 14.9 Å². The zero-order valence-electron chi connectivity index (χ0n) is 6.99. The van der Waals surface area contributed by atoms with Crippen LogP contribution in [0.4, 0.5) is 18.9 Å². The maximum atomic E-state index is 13.1. The smallest absolute Gasteiger partial charge is 0.297 e. The maximum Gasteiger partial charge on any atom is 0.301 e. The molecule has 0 aromatic carbocycles. The van der Waals surface area contributed by atoms with E-state index in [2.05, 4.69) is 4.98 Å². The Bertz CT molecular complexity index is 422. The topological polar surface area (TPSA) is 73.1 Å². The fourth-order valence-electron chi connectivity index (χ4n) is 0.917. The van der Waals surface area contributed by atoms with Crippen molar-refractivity contribution in [2.45, 2.75) is 6.43 Å². The highest BCUT2D eigenvalue weighted by Gasteiger charge is 2.25. The molecule has 80 valence electrons. The lowest BCUT2D eigenvalue weighted by Gasteiger charge is -2.02. The fourth-order valence-corrected chi connectivity index (χ4v) is 0.917. The number of rotatable bonds is 3. The van der Waals surface area contributed by atoms with Crippen LogP contribution >= 0.6 is 0 Å². The molecule has 0 atom stereocenters. The summed E-state index contributed by atoms with van der Waals surface area (Å²) in [5.41, 5.74) is -3.24. The molecule has 1 aromatic rings. The lowest BCUT2D eigenvalue weighted by Crippen LogP contribution is -2.04. The number of pyridine rings is 1. The normalized spacial score (nSPS) is 10.4. The van der Waals surface area contributed by atoms with Crippen molar-refractivity contribution in [3.8, 4) is 0 Å². The van der Waals surface area contributed by atoms with Crippen LogP contribution < -0.4 is 0 Å². The van der Waals surface area contributed by atoms with Crippen molar-refractivity contribution >= 4 is 12.0 Å². The van der Waals surface area contributed by atoms with Crippen molar-refractivity contribution in [2.75, 3.05) is 0 Å². The van der Waals surface area contributed by atoms with Crippen LogP contribution in [0.1, 0.15) is 22.5 Å². The number of nitro groups is 1. The summed E-state index contributed by atoms with van der Waals surface area (Å²) in [5.74, 6) is -1.66. The van der Waals surface area contributed by atoms with E-state index < -0.39 is 34.1 Å². The summed E-state index contributed by atoms with van der Waals surface area (Å²) in [7, 11) is 0. The van der Waals surface area contributed by atoms with Gasteiger partial charge in [0, 0.05) is 0 Å². The molecule has 0 saturated heterocycles. The molecule has 15 heavy (non-hydrogen) atoms. The predicted molar refractivity (Wildman–Crippen MR) is 41.2 cm³/mol. The van der Waals surface area contributed by atoms with E-state index in [1.807, 2.05) is 0 Å². The van der Waals surface area contributed by atoms with E-state index in [0.29, 0.717) is 6.20 Å². The molecule has 0 aliphatic heterocycles. The number of alkyl halides is 2. The molecule has 0 radical (unpaired) electrons. The monoisotopic (exact) mass is 220 g/mol. The average Bonchev–Trinajstić information content (AvgIpc) is 2.16. The van der Waals surface area contributed by atoms with Gasteiger partial charge in [-0.05, 0) is 0 Å². The number of aromatic nitrogens is 1. The minimum atomic E-state index is -3.23. The Morgan fingerprint density at radius 1 is 1.53 bits per heavy atom. The summed E-state index contributed by atoms with van der Waals surface area (Å²) in [6.07, 6.45) is -3.00. The van der Waals surface area contributed by atoms with E-state index in [9.17, 15) is 28.1 Å². The third kappa shape index (κ3) is 1.92. The van der Waals surface area contributed by atoms with Gasteiger partial charge in [-0.25, -0.2) is 18.2 Å². The second-order valence-electron chi connectivity index (χ2n) is 2.43. The third-order valence-electron chi connectivity index (χ3n) is 1.58. The lowest BCUT2D eigenvalue weighted by atomic mass is 10.2. The van der Waals surface area contributed by atoms with Gasteiger partial charge in [-0.15, -0.1) is 0 Å². The van der Waals surface area contributed by atoms with Crippen LogP contribution in [0.15, 0.2) is 6.20 Å². The predicted octanol–water partition coefficient (Wildman–Crippen LogP) is 1.88. The van der Waals surface area contributed by atoms with Gasteiger partial charge in [0.25, 0.3) is 6.43 Å². The van der Waals surface area contributed by atoms with Crippen LogP contribution in [-0.2, 0) is 0 Å². The van der Waals surface area contributed by atoms with Gasteiger partial charge >= 0.3 is 5.69 Å². The quantitative estimate of drug-likeness (QED) is 0.442. The number of nitrogens with zero attached hydrogens (tertiary/aromatic N) is 2. The highest BCUT2D eigenvalue weighted by atomic mass is 19.3. The largest absolute Gasteiger partial charge is 0.301 e. The van der Waals surface area contributed by atoms with Gasteiger partial charge in [0.1, 0.15) is 17.5 Å². The standard InChI is InChI=1S/C7H3F3N2O3/c8-5-3(2-13)4(12(14)15)1-11-6(5)7(9)10/h1-2,7H. The summed E-state index contributed by atoms with van der Waals surface area (Å²) in [6, 6.07) is 0. The Morgan fingerprint density at radius 2 is 2.13 bits per heavy atom. The molecule has 0 saturated carbocycles. The number of carbonyl (C=O) groups excluding carboxylic acids is 1. The van der Waals surface area contributed by atoms with Crippen molar-refractivity contribution in [1.82, 2.24) is 4.98 Å². The van der Waals surface area contributed by atoms with Crippen LogP contribution in [0.25, 0.3) is 0 Å². The van der Waals surface area contributed by atoms with E-state index in [1.54, 1.807) is 0 Å². The molecule has 0 spiro atoms. The van der Waals surface area contributed by atoms with Crippen LogP contribution in [0.5, 0.6) is 0 Å². The van der Waals surface area contributed by atoms with Crippen molar-refractivity contribution in [3.63, 3.8) is 0 Å². The molecule has 1 rings (SSSR count). The van der Waals surface area contributed by atoms with Crippen LogP contribution in [0, 0.1) is 15.9 Å². The Kier molecular flexibility index (Phi) is 2.98. The maximum absolute atomic E-state index is 13.1. The molecule has 0 N–H and O–H groups in total. The Balaban J connectivity index is 3.45. The Hall–Kier alpha value is -1.99. The van der Waals surface area contributed by atoms with Gasteiger partial charge in [-0.1, -0.05) is 0 Å². The minimum Gasteiger partial charge on any atom is -0.297 e. The van der Waals surface area contributed by atoms with Gasteiger partial charge in [0.15, 0.2) is 12.1 Å². The van der Waals surface area contributed by atoms with Gasteiger partial charge in [0.2, 0.25) is 0 Å². The molecule has 0 bridgehead atoms. The van der Waals surface area contributed by atoms with Crippen molar-refractivity contribution in [2.24, 2.45) is 0 Å². The number of aldehydes is 1. The zero-order valence-corrected chi connectivity index (χ0v) is 6.99. The molecule has 1 heterocycles. The van der Waals surface area contributed by atoms with Crippen LogP contribution in [-0.4, -0.2) is 16.2 Å². The Labute approximate surface area is 80.7 Å². The van der Waals surface area contributed by atoms with Gasteiger partial charge < -0.3 is 0 Å². The second kappa shape index (κ2) is 4.03. The number of hydrogen-bond donors (Lipinski definition) is 0. The number of hydrogen-bond acceptors (Lipinski definition) is 4. The minimum absolute atomic E-state index is 0.193. The van der Waals surface area contributed by atoms with Gasteiger partial charge in [0.05, 0.1) is 4.92 Å². The summed E-state index contributed by atoms with van der Waals surface area (Å²) in [5, 5.41) is 10.3. The van der Waals surface area contributed by atoms with Crippen molar-refractivity contribution in [3.05, 3.63) is 33.4 Å². The molecule has 5 nitrogen and oxygen atoms in total. The van der Waals surface area contributed by atoms with Gasteiger partial charge in [-0.2, -0.15) is 0 Å². The van der Waals surface area contributed by atoms with Crippen molar-refractivity contribution < 1.29 is 22.9 Å². The Morgan fingerprint density at radius 3 is 2.53 bits per heavy atom. The van der Waals surface area contributed by atoms with Crippen LogP contribution in [0.2, 0.25) is 0 Å². The summed E-state index contributed by atoms with van der Waals surface area (Å²) < 4.78 is 37.2. The first-order valence-electron chi connectivity index (χ1n) is 3.55. The molecule has 0 unspecified atom stereocenters.